The highest BCUT2D eigenvalue weighted by atomic mass is 16.2. The summed E-state index contributed by atoms with van der Waals surface area (Å²) in [6.45, 7) is 2.17. The van der Waals surface area contributed by atoms with Gasteiger partial charge in [-0.05, 0) is 12.5 Å². The summed E-state index contributed by atoms with van der Waals surface area (Å²) in [5, 5.41) is 16.2. The monoisotopic (exact) mass is 307 g/mol. The van der Waals surface area contributed by atoms with Gasteiger partial charge in [-0.25, -0.2) is 0 Å². The summed E-state index contributed by atoms with van der Waals surface area (Å²) in [5.74, 6) is 0.391. The number of H-pyrrole nitrogens is 1. The molecule has 0 radical (unpaired) electrons. The van der Waals surface area contributed by atoms with Crippen molar-refractivity contribution in [1.29, 1.82) is 5.26 Å². The molecule has 0 spiro atoms. The van der Waals surface area contributed by atoms with Crippen LogP contribution in [0.1, 0.15) is 16.9 Å². The zero-order chi connectivity index (χ0) is 15.8. The van der Waals surface area contributed by atoms with Crippen LogP contribution in [0.4, 0.5) is 0 Å². The fourth-order valence-corrected chi connectivity index (χ4v) is 3.64. The van der Waals surface area contributed by atoms with E-state index in [1.807, 2.05) is 41.3 Å². The van der Waals surface area contributed by atoms with Gasteiger partial charge in [-0.1, -0.05) is 30.3 Å². The van der Waals surface area contributed by atoms with Crippen molar-refractivity contribution < 1.29 is 4.79 Å². The van der Waals surface area contributed by atoms with Gasteiger partial charge in [-0.3, -0.25) is 9.89 Å². The Morgan fingerprint density at radius 3 is 2.91 bits per heavy atom. The van der Waals surface area contributed by atoms with Gasteiger partial charge in [0, 0.05) is 31.1 Å². The van der Waals surface area contributed by atoms with E-state index < -0.39 is 0 Å². The Balaban J connectivity index is 1.54. The molecule has 116 valence electrons. The van der Waals surface area contributed by atoms with Crippen molar-refractivity contribution in [1.82, 2.24) is 20.0 Å². The predicted octanol–water partition coefficient (Wildman–Crippen LogP) is 1.70. The molecule has 2 aliphatic rings. The van der Waals surface area contributed by atoms with E-state index in [9.17, 15) is 4.79 Å². The number of fused-ring (bicyclic) bond motifs is 1. The highest BCUT2D eigenvalue weighted by molar-refractivity contribution is 5.93. The second-order valence-corrected chi connectivity index (χ2v) is 6.15. The summed E-state index contributed by atoms with van der Waals surface area (Å²) < 4.78 is 0. The van der Waals surface area contributed by atoms with Crippen molar-refractivity contribution in [3.05, 3.63) is 42.1 Å². The van der Waals surface area contributed by atoms with Crippen LogP contribution in [-0.2, 0) is 0 Å². The van der Waals surface area contributed by atoms with Gasteiger partial charge < -0.3 is 9.80 Å². The van der Waals surface area contributed by atoms with Gasteiger partial charge in [0.1, 0.15) is 5.69 Å². The number of carbonyl (C=O) groups excluding carboxylic acids is 1. The highest BCUT2D eigenvalue weighted by Crippen LogP contribution is 2.32. The molecule has 6 nitrogen and oxygen atoms in total. The molecular weight excluding hydrogens is 290 g/mol. The maximum atomic E-state index is 12.8. The van der Waals surface area contributed by atoms with Gasteiger partial charge in [-0.2, -0.15) is 10.4 Å². The minimum Gasteiger partial charge on any atom is -0.332 e. The molecule has 6 heteroatoms. The molecule has 3 heterocycles. The molecule has 0 aliphatic carbocycles. The number of carbonyl (C=O) groups is 1. The summed E-state index contributed by atoms with van der Waals surface area (Å²) in [5.41, 5.74) is 2.27. The summed E-state index contributed by atoms with van der Waals surface area (Å²) in [4.78, 5) is 16.4. The second kappa shape index (κ2) is 5.43. The number of benzene rings is 1. The molecule has 2 atom stereocenters. The van der Waals surface area contributed by atoms with Crippen LogP contribution in [0.15, 0.2) is 36.4 Å². The molecule has 2 unspecified atom stereocenters. The number of amides is 1. The average molecular weight is 307 g/mol. The van der Waals surface area contributed by atoms with Crippen LogP contribution in [0.5, 0.6) is 0 Å². The molecule has 0 bridgehead atoms. The summed E-state index contributed by atoms with van der Waals surface area (Å²) in [6, 6.07) is 11.7. The standard InChI is InChI=1S/C17H17N5O/c18-11-21-9-13-6-7-22(16(13)10-21)17(23)15-8-14(19-20-15)12-4-2-1-3-5-12/h1-5,8,13,16H,6-7,9-10H2,(H,19,20). The SMILES string of the molecule is N#CN1CC2CCN(C(=O)c3cc(-c4ccccc4)n[nH]3)C2C1. The molecular formula is C17H17N5O. The Morgan fingerprint density at radius 1 is 1.30 bits per heavy atom. The molecule has 2 fully saturated rings. The third-order valence-electron chi connectivity index (χ3n) is 4.83. The number of likely N-dealkylation sites (tertiary alicyclic amines) is 2. The Kier molecular flexibility index (Phi) is 3.27. The summed E-state index contributed by atoms with van der Waals surface area (Å²) in [6.07, 6.45) is 3.16. The number of aromatic amines is 1. The maximum Gasteiger partial charge on any atom is 0.272 e. The number of nitrogens with zero attached hydrogens (tertiary/aromatic N) is 4. The van der Waals surface area contributed by atoms with Crippen LogP contribution < -0.4 is 0 Å². The Hall–Kier alpha value is -2.81. The number of hydrogen-bond acceptors (Lipinski definition) is 4. The third kappa shape index (κ3) is 2.34. The number of nitriles is 1. The first-order valence-electron chi connectivity index (χ1n) is 7.83. The van der Waals surface area contributed by atoms with E-state index in [1.54, 1.807) is 4.90 Å². The van der Waals surface area contributed by atoms with E-state index in [2.05, 4.69) is 16.4 Å². The van der Waals surface area contributed by atoms with Gasteiger partial charge >= 0.3 is 0 Å². The molecule has 1 aromatic heterocycles. The highest BCUT2D eigenvalue weighted by Gasteiger charge is 2.43. The minimum absolute atomic E-state index is 0.0213. The van der Waals surface area contributed by atoms with Crippen LogP contribution in [0, 0.1) is 17.4 Å². The lowest BCUT2D eigenvalue weighted by Gasteiger charge is -2.23. The number of nitrogens with one attached hydrogen (secondary N) is 1. The predicted molar refractivity (Wildman–Crippen MR) is 84.1 cm³/mol. The lowest BCUT2D eigenvalue weighted by molar-refractivity contribution is 0.0725. The molecule has 23 heavy (non-hydrogen) atoms. The fraction of sp³-hybridized carbons (Fsp3) is 0.353. The van der Waals surface area contributed by atoms with E-state index in [0.29, 0.717) is 18.2 Å². The van der Waals surface area contributed by atoms with Crippen molar-refractivity contribution in [2.24, 2.45) is 5.92 Å². The quantitative estimate of drug-likeness (QED) is 0.857. The topological polar surface area (TPSA) is 76.0 Å². The van der Waals surface area contributed by atoms with E-state index in [4.69, 9.17) is 5.26 Å². The van der Waals surface area contributed by atoms with Crippen molar-refractivity contribution in [2.45, 2.75) is 12.5 Å². The van der Waals surface area contributed by atoms with Gasteiger partial charge in [0.15, 0.2) is 6.19 Å². The summed E-state index contributed by atoms with van der Waals surface area (Å²) >= 11 is 0. The molecule has 1 aromatic carbocycles. The van der Waals surface area contributed by atoms with Gasteiger partial charge in [0.05, 0.1) is 11.7 Å². The van der Waals surface area contributed by atoms with Crippen molar-refractivity contribution in [3.8, 4) is 17.5 Å². The molecule has 2 aromatic rings. The molecule has 2 saturated heterocycles. The molecule has 2 aliphatic heterocycles. The first-order valence-corrected chi connectivity index (χ1v) is 7.83. The molecule has 4 rings (SSSR count). The van der Waals surface area contributed by atoms with E-state index in [1.165, 1.54) is 0 Å². The van der Waals surface area contributed by atoms with Crippen LogP contribution in [0.25, 0.3) is 11.3 Å². The van der Waals surface area contributed by atoms with Crippen LogP contribution in [0.3, 0.4) is 0 Å². The lowest BCUT2D eigenvalue weighted by Crippen LogP contribution is -2.39. The van der Waals surface area contributed by atoms with Gasteiger partial charge in [0.25, 0.3) is 5.91 Å². The zero-order valence-electron chi connectivity index (χ0n) is 12.6. The molecule has 1 amide bonds. The second-order valence-electron chi connectivity index (χ2n) is 6.15. The Labute approximate surface area is 134 Å². The number of aromatic nitrogens is 2. The van der Waals surface area contributed by atoms with E-state index in [0.717, 1.165) is 30.8 Å². The van der Waals surface area contributed by atoms with Crippen LogP contribution >= 0.6 is 0 Å². The van der Waals surface area contributed by atoms with Crippen molar-refractivity contribution in [3.63, 3.8) is 0 Å². The largest absolute Gasteiger partial charge is 0.332 e. The minimum atomic E-state index is -0.0213. The smallest absolute Gasteiger partial charge is 0.272 e. The molecule has 0 saturated carbocycles. The normalized spacial score (nSPS) is 22.9. The lowest BCUT2D eigenvalue weighted by atomic mass is 10.1. The first kappa shape index (κ1) is 13.8. The average Bonchev–Trinajstić information content (AvgIpc) is 3.30. The molecule has 1 N–H and O–H groups in total. The summed E-state index contributed by atoms with van der Waals surface area (Å²) in [7, 11) is 0. The van der Waals surface area contributed by atoms with Crippen LogP contribution in [0.2, 0.25) is 0 Å². The van der Waals surface area contributed by atoms with Gasteiger partial charge in [0.2, 0.25) is 0 Å². The first-order chi connectivity index (χ1) is 11.3. The van der Waals surface area contributed by atoms with Crippen molar-refractivity contribution >= 4 is 5.91 Å². The van der Waals surface area contributed by atoms with E-state index >= 15 is 0 Å². The van der Waals surface area contributed by atoms with Crippen LogP contribution in [-0.4, -0.2) is 51.6 Å². The van der Waals surface area contributed by atoms with Gasteiger partial charge in [-0.15, -0.1) is 0 Å². The zero-order valence-corrected chi connectivity index (χ0v) is 12.6. The Morgan fingerprint density at radius 2 is 2.13 bits per heavy atom. The van der Waals surface area contributed by atoms with Crippen molar-refractivity contribution in [2.75, 3.05) is 19.6 Å². The third-order valence-corrected chi connectivity index (χ3v) is 4.83. The Bertz CT molecular complexity index is 763. The maximum absolute atomic E-state index is 12.8. The van der Waals surface area contributed by atoms with E-state index in [-0.39, 0.29) is 11.9 Å². The number of rotatable bonds is 2. The fourth-order valence-electron chi connectivity index (χ4n) is 3.64. The number of hydrogen-bond donors (Lipinski definition) is 1.